The van der Waals surface area contributed by atoms with E-state index >= 15 is 0 Å². The molecule has 0 N–H and O–H groups in total. The lowest BCUT2D eigenvalue weighted by Gasteiger charge is -2.34. The maximum Gasteiger partial charge on any atom is 0.310 e. The minimum absolute atomic E-state index is 0.149. The van der Waals surface area contributed by atoms with E-state index in [0.29, 0.717) is 43.4 Å². The first-order valence-corrected chi connectivity index (χ1v) is 12.9. The fourth-order valence-electron chi connectivity index (χ4n) is 5.10. The lowest BCUT2D eigenvalue weighted by molar-refractivity contribution is -0.149. The molecule has 1 saturated heterocycles. The Morgan fingerprint density at radius 1 is 1.05 bits per heavy atom. The second-order valence-corrected chi connectivity index (χ2v) is 9.44. The molecule has 0 radical (unpaired) electrons. The first kappa shape index (κ1) is 24.7. The van der Waals surface area contributed by atoms with Crippen LogP contribution in [-0.2, 0) is 22.5 Å². The Bertz CT molecular complexity index is 1280. The van der Waals surface area contributed by atoms with Crippen LogP contribution in [0.1, 0.15) is 41.3 Å². The molecule has 1 fully saturated rings. The van der Waals surface area contributed by atoms with Gasteiger partial charge in [0.15, 0.2) is 5.82 Å². The van der Waals surface area contributed by atoms with Crippen LogP contribution >= 0.6 is 0 Å². The Morgan fingerprint density at radius 2 is 1.84 bits per heavy atom. The second-order valence-electron chi connectivity index (χ2n) is 9.44. The highest BCUT2D eigenvalue weighted by molar-refractivity contribution is 5.99. The van der Waals surface area contributed by atoms with Crippen LogP contribution < -0.4 is 9.64 Å². The van der Waals surface area contributed by atoms with Crippen LogP contribution in [0.25, 0.3) is 11.4 Å². The zero-order chi connectivity index (χ0) is 25.8. The molecule has 37 heavy (non-hydrogen) atoms. The normalized spacial score (nSPS) is 17.2. The summed E-state index contributed by atoms with van der Waals surface area (Å²) in [5, 5.41) is 0. The minimum Gasteiger partial charge on any atom is -0.497 e. The van der Waals surface area contributed by atoms with Crippen LogP contribution in [0.15, 0.2) is 54.7 Å². The molecule has 8 nitrogen and oxygen atoms in total. The van der Waals surface area contributed by atoms with Gasteiger partial charge in [0, 0.05) is 37.9 Å². The molecule has 8 heteroatoms. The van der Waals surface area contributed by atoms with E-state index in [9.17, 15) is 9.59 Å². The third-order valence-electron chi connectivity index (χ3n) is 7.11. The molecule has 2 aliphatic heterocycles. The van der Waals surface area contributed by atoms with Gasteiger partial charge in [0.25, 0.3) is 5.91 Å². The van der Waals surface area contributed by atoms with E-state index in [4.69, 9.17) is 14.5 Å². The molecular formula is C29H32N4O4. The van der Waals surface area contributed by atoms with Crippen molar-refractivity contribution in [2.45, 2.75) is 32.7 Å². The number of rotatable bonds is 6. The van der Waals surface area contributed by atoms with Gasteiger partial charge in [-0.25, -0.2) is 9.97 Å². The predicted octanol–water partition coefficient (Wildman–Crippen LogP) is 4.13. The quantitative estimate of drug-likeness (QED) is 0.471. The highest BCUT2D eigenvalue weighted by atomic mass is 16.5. The van der Waals surface area contributed by atoms with E-state index in [-0.39, 0.29) is 17.8 Å². The van der Waals surface area contributed by atoms with Gasteiger partial charge in [0.05, 0.1) is 19.6 Å². The number of anilines is 1. The van der Waals surface area contributed by atoms with Crippen LogP contribution in [0, 0.1) is 5.92 Å². The molecule has 0 aliphatic carbocycles. The molecule has 1 unspecified atom stereocenters. The van der Waals surface area contributed by atoms with Crippen molar-refractivity contribution >= 4 is 17.7 Å². The third-order valence-corrected chi connectivity index (χ3v) is 7.11. The number of likely N-dealkylation sites (tertiary alicyclic amines) is 1. The number of methoxy groups -OCH3 is 1. The smallest absolute Gasteiger partial charge is 0.310 e. The number of hydrogen-bond donors (Lipinski definition) is 0. The standard InChI is InChI=1S/C29H32N4O4/c1-3-37-29(35)23-9-6-15-33(19-23)28(34)25-17-30-26(21-10-12-24(36-2)13-11-21)31-27(25)32-16-14-20-7-4-5-8-22(20)18-32/h4-5,7-8,10-13,17,23H,3,6,9,14-16,18-19H2,1-2H3. The van der Waals surface area contributed by atoms with Crippen LogP contribution in [0.5, 0.6) is 5.75 Å². The molecule has 1 aromatic heterocycles. The summed E-state index contributed by atoms with van der Waals surface area (Å²) in [5.74, 6) is 1.24. The van der Waals surface area contributed by atoms with Crippen LogP contribution in [0.3, 0.4) is 0 Å². The van der Waals surface area contributed by atoms with Gasteiger partial charge in [0.2, 0.25) is 0 Å². The average Bonchev–Trinajstić information content (AvgIpc) is 2.96. The molecule has 3 heterocycles. The maximum absolute atomic E-state index is 13.8. The molecule has 0 saturated carbocycles. The van der Waals surface area contributed by atoms with Gasteiger partial charge in [0.1, 0.15) is 17.1 Å². The summed E-state index contributed by atoms with van der Waals surface area (Å²) < 4.78 is 10.5. The number of hydrogen-bond acceptors (Lipinski definition) is 7. The number of carbonyl (C=O) groups is 2. The number of aromatic nitrogens is 2. The Morgan fingerprint density at radius 3 is 2.59 bits per heavy atom. The number of amides is 1. The fraction of sp³-hybridized carbons (Fsp3) is 0.379. The first-order valence-electron chi connectivity index (χ1n) is 12.9. The third kappa shape index (κ3) is 5.28. The van der Waals surface area contributed by atoms with Crippen molar-refractivity contribution in [1.29, 1.82) is 0 Å². The number of fused-ring (bicyclic) bond motifs is 1. The van der Waals surface area contributed by atoms with Crippen molar-refractivity contribution < 1.29 is 19.1 Å². The molecule has 2 aliphatic rings. The van der Waals surface area contributed by atoms with E-state index in [1.807, 2.05) is 30.3 Å². The van der Waals surface area contributed by atoms with Crippen molar-refractivity contribution in [3.05, 3.63) is 71.4 Å². The molecule has 1 amide bonds. The number of piperidine rings is 1. The molecule has 0 spiro atoms. The largest absolute Gasteiger partial charge is 0.497 e. The number of ether oxygens (including phenoxy) is 2. The maximum atomic E-state index is 13.8. The van der Waals surface area contributed by atoms with Gasteiger partial charge >= 0.3 is 5.97 Å². The number of esters is 1. The summed E-state index contributed by atoms with van der Waals surface area (Å²) in [6.45, 7) is 4.50. The summed E-state index contributed by atoms with van der Waals surface area (Å²) >= 11 is 0. The molecule has 3 aromatic rings. The molecular weight excluding hydrogens is 468 g/mol. The topological polar surface area (TPSA) is 84.9 Å². The molecule has 192 valence electrons. The van der Waals surface area contributed by atoms with Gasteiger partial charge in [-0.2, -0.15) is 0 Å². The lowest BCUT2D eigenvalue weighted by atomic mass is 9.97. The van der Waals surface area contributed by atoms with E-state index in [2.05, 4.69) is 28.1 Å². The summed E-state index contributed by atoms with van der Waals surface area (Å²) in [6, 6.07) is 16.0. The summed E-state index contributed by atoms with van der Waals surface area (Å²) in [6.07, 6.45) is 4.00. The Balaban J connectivity index is 1.48. The van der Waals surface area contributed by atoms with E-state index in [1.165, 1.54) is 11.1 Å². The summed E-state index contributed by atoms with van der Waals surface area (Å²) in [7, 11) is 1.63. The molecule has 1 atom stereocenters. The van der Waals surface area contributed by atoms with Gasteiger partial charge in [-0.05, 0) is 61.6 Å². The highest BCUT2D eigenvalue weighted by Gasteiger charge is 2.32. The SMILES string of the molecule is CCOC(=O)C1CCCN(C(=O)c2cnc(-c3ccc(OC)cc3)nc2N2CCc3ccccc3C2)C1. The zero-order valence-electron chi connectivity index (χ0n) is 21.4. The molecule has 0 bridgehead atoms. The Hall–Kier alpha value is -3.94. The van der Waals surface area contributed by atoms with E-state index in [1.54, 1.807) is 25.1 Å². The Labute approximate surface area is 217 Å². The minimum atomic E-state index is -0.303. The van der Waals surface area contributed by atoms with Gasteiger partial charge in [-0.15, -0.1) is 0 Å². The number of benzene rings is 2. The van der Waals surface area contributed by atoms with Crippen molar-refractivity contribution in [3.63, 3.8) is 0 Å². The van der Waals surface area contributed by atoms with Crippen LogP contribution in [-0.4, -0.2) is 60.1 Å². The fourth-order valence-corrected chi connectivity index (χ4v) is 5.10. The van der Waals surface area contributed by atoms with Crippen molar-refractivity contribution in [2.24, 2.45) is 5.92 Å². The Kier molecular flexibility index (Phi) is 7.35. The van der Waals surface area contributed by atoms with Gasteiger partial charge in [-0.1, -0.05) is 24.3 Å². The van der Waals surface area contributed by atoms with Gasteiger partial charge < -0.3 is 19.3 Å². The van der Waals surface area contributed by atoms with Crippen LogP contribution in [0.2, 0.25) is 0 Å². The lowest BCUT2D eigenvalue weighted by Crippen LogP contribution is -2.43. The predicted molar refractivity (Wildman–Crippen MR) is 140 cm³/mol. The monoisotopic (exact) mass is 500 g/mol. The van der Waals surface area contributed by atoms with Crippen molar-refractivity contribution in [2.75, 3.05) is 38.3 Å². The van der Waals surface area contributed by atoms with Crippen molar-refractivity contribution in [3.8, 4) is 17.1 Å². The van der Waals surface area contributed by atoms with E-state index in [0.717, 1.165) is 37.1 Å². The summed E-state index contributed by atoms with van der Waals surface area (Å²) in [5.41, 5.74) is 3.86. The van der Waals surface area contributed by atoms with Gasteiger partial charge in [-0.3, -0.25) is 9.59 Å². The highest BCUT2D eigenvalue weighted by Crippen LogP contribution is 2.30. The molecule has 2 aromatic carbocycles. The van der Waals surface area contributed by atoms with E-state index < -0.39 is 0 Å². The zero-order valence-corrected chi connectivity index (χ0v) is 21.4. The van der Waals surface area contributed by atoms with Crippen molar-refractivity contribution in [1.82, 2.24) is 14.9 Å². The number of nitrogens with zero attached hydrogens (tertiary/aromatic N) is 4. The second kappa shape index (κ2) is 11.0. The first-order chi connectivity index (χ1) is 18.1. The van der Waals surface area contributed by atoms with Crippen LogP contribution in [0.4, 0.5) is 5.82 Å². The number of carbonyl (C=O) groups excluding carboxylic acids is 2. The summed E-state index contributed by atoms with van der Waals surface area (Å²) in [4.78, 5) is 39.6. The molecule has 5 rings (SSSR count). The average molecular weight is 501 g/mol.